The Balaban J connectivity index is 2.55. The third kappa shape index (κ3) is 1.90. The molecule has 2 heteroatoms. The highest BCUT2D eigenvalue weighted by atomic mass is 16.4. The smallest absolute Gasteiger partial charge is 0.229 e. The quantitative estimate of drug-likeness (QED) is 0.344. The molecule has 0 bridgehead atoms. The van der Waals surface area contributed by atoms with E-state index in [0.717, 1.165) is 5.76 Å². The van der Waals surface area contributed by atoms with Crippen LogP contribution in [0.1, 0.15) is 5.76 Å². The molecular formula is C8H8O2. The number of hydrogen-bond donors (Lipinski definition) is 0. The summed E-state index contributed by atoms with van der Waals surface area (Å²) in [5.74, 6) is 0.796. The largest absolute Gasteiger partial charge is 0.484 e. The average molecular weight is 136 g/mol. The van der Waals surface area contributed by atoms with Gasteiger partial charge in [-0.25, -0.2) is 0 Å². The minimum absolute atomic E-state index is 0.796. The van der Waals surface area contributed by atoms with Crippen LogP contribution in [-0.4, -0.2) is 13.4 Å². The summed E-state index contributed by atoms with van der Waals surface area (Å²) in [5, 5.41) is 0. The first-order valence-corrected chi connectivity index (χ1v) is 2.92. The lowest BCUT2D eigenvalue weighted by Gasteiger charge is -1.83. The molecule has 1 aromatic heterocycles. The predicted octanol–water partition coefficient (Wildman–Crippen LogP) is 1.57. The lowest BCUT2D eigenvalue weighted by molar-refractivity contribution is 0.186. The monoisotopic (exact) mass is 136 g/mol. The third-order valence-electron chi connectivity index (χ3n) is 0.977. The van der Waals surface area contributed by atoms with E-state index in [2.05, 4.69) is 10.7 Å². The van der Waals surface area contributed by atoms with Crippen molar-refractivity contribution in [3.8, 4) is 0 Å². The Morgan fingerprint density at radius 1 is 1.70 bits per heavy atom. The summed E-state index contributed by atoms with van der Waals surface area (Å²) >= 11 is 0. The van der Waals surface area contributed by atoms with Crippen LogP contribution in [0.4, 0.5) is 0 Å². The summed E-state index contributed by atoms with van der Waals surface area (Å²) in [6.07, 6.45) is 7.58. The Bertz CT molecular complexity index is 219. The first-order chi connectivity index (χ1) is 4.93. The van der Waals surface area contributed by atoms with Crippen molar-refractivity contribution in [1.82, 2.24) is 0 Å². The molecule has 0 atom stereocenters. The van der Waals surface area contributed by atoms with E-state index in [4.69, 9.17) is 4.42 Å². The van der Waals surface area contributed by atoms with Gasteiger partial charge in [0.25, 0.3) is 0 Å². The maximum Gasteiger partial charge on any atom is 0.229 e. The van der Waals surface area contributed by atoms with E-state index in [0.29, 0.717) is 0 Å². The van der Waals surface area contributed by atoms with Gasteiger partial charge in [0.05, 0.1) is 6.26 Å². The van der Waals surface area contributed by atoms with E-state index in [1.165, 1.54) is 0 Å². The van der Waals surface area contributed by atoms with Crippen LogP contribution in [0.15, 0.2) is 28.9 Å². The van der Waals surface area contributed by atoms with Gasteiger partial charge in [0.1, 0.15) is 0 Å². The van der Waals surface area contributed by atoms with Crippen molar-refractivity contribution < 1.29 is 8.84 Å². The average Bonchev–Trinajstić information content (AvgIpc) is 2.41. The van der Waals surface area contributed by atoms with Crippen molar-refractivity contribution in [2.75, 3.05) is 7.11 Å². The molecule has 0 spiro atoms. The molecule has 2 nitrogen and oxygen atoms in total. The molecular weight excluding hydrogens is 128 g/mol. The first kappa shape index (κ1) is 6.81. The molecule has 0 aliphatic carbocycles. The molecule has 0 saturated heterocycles. The van der Waals surface area contributed by atoms with E-state index in [1.807, 2.05) is 12.1 Å². The second-order valence-electron chi connectivity index (χ2n) is 1.67. The Hall–Kier alpha value is -1.31. The molecule has 0 amide bonds. The fourth-order valence-corrected chi connectivity index (χ4v) is 0.570. The van der Waals surface area contributed by atoms with Gasteiger partial charge in [-0.3, -0.25) is 0 Å². The number of allylic oxidation sites excluding steroid dienone is 1. The van der Waals surface area contributed by atoms with Crippen LogP contribution in [0, 0.1) is 0 Å². The van der Waals surface area contributed by atoms with E-state index in [1.54, 1.807) is 25.5 Å². The van der Waals surface area contributed by atoms with Gasteiger partial charge in [-0.2, -0.15) is 6.08 Å². The van der Waals surface area contributed by atoms with Gasteiger partial charge in [-0.05, 0) is 12.1 Å². The predicted molar refractivity (Wildman–Crippen MR) is 39.4 cm³/mol. The van der Waals surface area contributed by atoms with E-state index >= 15 is 0 Å². The molecule has 0 N–H and O–H groups in total. The van der Waals surface area contributed by atoms with E-state index in [9.17, 15) is 0 Å². The molecule has 0 unspecified atom stereocenters. The lowest BCUT2D eigenvalue weighted by Crippen LogP contribution is -1.66. The zero-order valence-electron chi connectivity index (χ0n) is 5.70. The highest BCUT2D eigenvalue weighted by Crippen LogP contribution is 2.00. The molecule has 0 radical (unpaired) electrons. The summed E-state index contributed by atoms with van der Waals surface area (Å²) < 4.78 is 9.56. The summed E-state index contributed by atoms with van der Waals surface area (Å²) in [7, 11) is 1.55. The number of rotatable bonds is 2. The second-order valence-corrected chi connectivity index (χ2v) is 1.67. The van der Waals surface area contributed by atoms with Crippen LogP contribution < -0.4 is 0 Å². The lowest BCUT2D eigenvalue weighted by atomic mass is 10.4. The normalized spacial score (nSPS) is 11.7. The van der Waals surface area contributed by atoms with Crippen molar-refractivity contribution >= 4 is 12.4 Å². The van der Waals surface area contributed by atoms with Gasteiger partial charge in [0, 0.05) is 5.76 Å². The van der Waals surface area contributed by atoms with Crippen LogP contribution in [0.5, 0.6) is 0 Å². The molecule has 1 aromatic rings. The first-order valence-electron chi connectivity index (χ1n) is 2.92. The standard InChI is InChI=1S/C8H8O2/c1-9-6-2-4-8-5-3-7-10-8/h2-5,7H,1H3/b4-2+. The number of furan rings is 1. The molecule has 10 heavy (non-hydrogen) atoms. The molecule has 0 fully saturated rings. The highest BCUT2D eigenvalue weighted by Gasteiger charge is 1.78. The minimum atomic E-state index is 0.796. The van der Waals surface area contributed by atoms with Gasteiger partial charge in [0.15, 0.2) is 0 Å². The van der Waals surface area contributed by atoms with Crippen LogP contribution in [0.25, 0.3) is 6.08 Å². The summed E-state index contributed by atoms with van der Waals surface area (Å²) in [5.41, 5.74) is 0. The van der Waals surface area contributed by atoms with Crippen molar-refractivity contribution in [2.45, 2.75) is 0 Å². The van der Waals surface area contributed by atoms with Crippen molar-refractivity contribution in [2.24, 2.45) is 0 Å². The Morgan fingerprint density at radius 2 is 2.60 bits per heavy atom. The third-order valence-corrected chi connectivity index (χ3v) is 0.977. The molecule has 52 valence electrons. The van der Waals surface area contributed by atoms with Crippen molar-refractivity contribution in [3.05, 3.63) is 30.2 Å². The van der Waals surface area contributed by atoms with Crippen LogP contribution in [0.3, 0.4) is 0 Å². The van der Waals surface area contributed by atoms with Crippen LogP contribution in [-0.2, 0) is 4.42 Å². The zero-order valence-corrected chi connectivity index (χ0v) is 5.70. The van der Waals surface area contributed by atoms with Crippen LogP contribution in [0.2, 0.25) is 0 Å². The highest BCUT2D eigenvalue weighted by molar-refractivity contribution is 5.73. The Labute approximate surface area is 59.5 Å². The van der Waals surface area contributed by atoms with Gasteiger partial charge in [-0.15, -0.1) is 6.08 Å². The van der Waals surface area contributed by atoms with Crippen molar-refractivity contribution in [1.29, 1.82) is 0 Å². The topological polar surface area (TPSA) is 24.4 Å². The molecule has 1 rings (SSSR count). The fraction of sp³-hybridized carbons (Fsp3) is 0.125. The van der Waals surface area contributed by atoms with Gasteiger partial charge in [-0.1, -0.05) is 0 Å². The van der Waals surface area contributed by atoms with E-state index in [-0.39, 0.29) is 0 Å². The van der Waals surface area contributed by atoms with Crippen LogP contribution >= 0.6 is 0 Å². The maximum atomic E-state index is 5.00. The van der Waals surface area contributed by atoms with Gasteiger partial charge < -0.3 is 8.84 Å². The number of carbonyl (C=O) groups excluding carboxylic acids is 1. The Kier molecular flexibility index (Phi) is 2.49. The zero-order chi connectivity index (χ0) is 7.23. The fourth-order valence-electron chi connectivity index (χ4n) is 0.570. The molecule has 0 saturated carbocycles. The maximum absolute atomic E-state index is 5.00. The Morgan fingerprint density at radius 3 is 3.20 bits per heavy atom. The van der Waals surface area contributed by atoms with Gasteiger partial charge >= 0.3 is 0 Å². The van der Waals surface area contributed by atoms with Gasteiger partial charge in [0.2, 0.25) is 13.4 Å². The molecule has 0 aromatic carbocycles. The number of hydrogen-bond acceptors (Lipinski definition) is 1. The summed E-state index contributed by atoms with van der Waals surface area (Å²) in [4.78, 5) is 0. The second kappa shape index (κ2) is 3.67. The SMILES string of the molecule is C[O+]=[C-]/C=C/c1ccco1. The minimum Gasteiger partial charge on any atom is -0.484 e. The molecule has 1 heterocycles. The summed E-state index contributed by atoms with van der Waals surface area (Å²) in [6, 6.07) is 3.68. The van der Waals surface area contributed by atoms with E-state index < -0.39 is 0 Å². The van der Waals surface area contributed by atoms with Crippen molar-refractivity contribution in [3.63, 3.8) is 0 Å². The molecule has 0 aliphatic heterocycles. The molecule has 0 aliphatic rings. The summed E-state index contributed by atoms with van der Waals surface area (Å²) in [6.45, 7) is 0.